The lowest BCUT2D eigenvalue weighted by atomic mass is 10.1. The molecule has 3 heterocycles. The van der Waals surface area contributed by atoms with Crippen LogP contribution in [0.5, 0.6) is 11.5 Å². The smallest absolute Gasteiger partial charge is 0.265 e. The molecule has 0 radical (unpaired) electrons. The third kappa shape index (κ3) is 4.20. The van der Waals surface area contributed by atoms with Gasteiger partial charge < -0.3 is 9.47 Å². The summed E-state index contributed by atoms with van der Waals surface area (Å²) in [7, 11) is 3.21. The summed E-state index contributed by atoms with van der Waals surface area (Å²) >= 11 is 0. The fraction of sp³-hybridized carbons (Fsp3) is 0.333. The van der Waals surface area contributed by atoms with E-state index < -0.39 is 0 Å². The van der Waals surface area contributed by atoms with Gasteiger partial charge in [-0.1, -0.05) is 44.7 Å². The molecule has 0 aliphatic rings. The van der Waals surface area contributed by atoms with Crippen LogP contribution >= 0.6 is 0 Å². The van der Waals surface area contributed by atoms with Crippen molar-refractivity contribution in [1.82, 2.24) is 24.1 Å². The summed E-state index contributed by atoms with van der Waals surface area (Å²) < 4.78 is 14.5. The Labute approximate surface area is 203 Å². The highest BCUT2D eigenvalue weighted by Crippen LogP contribution is 2.32. The number of para-hydroxylation sites is 2. The van der Waals surface area contributed by atoms with Gasteiger partial charge in [0.15, 0.2) is 11.3 Å². The first-order valence-electron chi connectivity index (χ1n) is 12.0. The lowest BCUT2D eigenvalue weighted by Gasteiger charge is -2.11. The molecule has 0 saturated heterocycles. The van der Waals surface area contributed by atoms with E-state index in [1.165, 1.54) is 19.3 Å². The average molecular weight is 472 g/mol. The summed E-state index contributed by atoms with van der Waals surface area (Å²) in [5.74, 6) is 1.26. The molecule has 0 atom stereocenters. The van der Waals surface area contributed by atoms with Crippen LogP contribution in [0.15, 0.2) is 53.6 Å². The zero-order valence-corrected chi connectivity index (χ0v) is 20.3. The molecule has 0 aliphatic carbocycles. The average Bonchev–Trinajstić information content (AvgIpc) is 3.21. The maximum atomic E-state index is 13.7. The number of methoxy groups -OCH3 is 2. The topological polar surface area (TPSA) is 84.1 Å². The van der Waals surface area contributed by atoms with E-state index in [2.05, 4.69) is 6.92 Å². The third-order valence-electron chi connectivity index (χ3n) is 6.33. The maximum Gasteiger partial charge on any atom is 0.265 e. The van der Waals surface area contributed by atoms with E-state index in [-0.39, 0.29) is 5.56 Å². The number of nitrogens with zero attached hydrogens (tertiary/aromatic N) is 5. The van der Waals surface area contributed by atoms with Crippen LogP contribution in [0.25, 0.3) is 38.9 Å². The molecule has 0 spiro atoms. The summed E-state index contributed by atoms with van der Waals surface area (Å²) in [6.07, 6.45) is 7.24. The van der Waals surface area contributed by atoms with Crippen molar-refractivity contribution in [1.29, 1.82) is 0 Å². The highest BCUT2D eigenvalue weighted by Gasteiger charge is 2.21. The van der Waals surface area contributed by atoms with E-state index in [1.807, 2.05) is 41.0 Å². The van der Waals surface area contributed by atoms with Gasteiger partial charge in [-0.25, -0.2) is 15.0 Å². The zero-order chi connectivity index (χ0) is 24.4. The predicted molar refractivity (Wildman–Crippen MR) is 138 cm³/mol. The van der Waals surface area contributed by atoms with Crippen molar-refractivity contribution in [3.63, 3.8) is 0 Å². The van der Waals surface area contributed by atoms with Gasteiger partial charge in [0.2, 0.25) is 0 Å². The van der Waals surface area contributed by atoms with E-state index in [0.29, 0.717) is 40.2 Å². The highest BCUT2D eigenvalue weighted by atomic mass is 16.5. The van der Waals surface area contributed by atoms with Gasteiger partial charge in [-0.2, -0.15) is 0 Å². The third-order valence-corrected chi connectivity index (χ3v) is 6.33. The first-order valence-corrected chi connectivity index (χ1v) is 12.0. The van der Waals surface area contributed by atoms with Crippen molar-refractivity contribution in [2.24, 2.45) is 0 Å². The quantitative estimate of drug-likeness (QED) is 0.272. The minimum absolute atomic E-state index is 0.103. The van der Waals surface area contributed by atoms with Crippen LogP contribution in [-0.2, 0) is 6.54 Å². The largest absolute Gasteiger partial charge is 0.497 e. The van der Waals surface area contributed by atoms with E-state index in [1.54, 1.807) is 31.2 Å². The summed E-state index contributed by atoms with van der Waals surface area (Å²) in [5, 5.41) is 0.469. The van der Waals surface area contributed by atoms with Gasteiger partial charge in [0.25, 0.3) is 5.56 Å². The lowest BCUT2D eigenvalue weighted by Crippen LogP contribution is -2.20. The molecule has 2 aromatic carbocycles. The Morgan fingerprint density at radius 2 is 1.54 bits per heavy atom. The van der Waals surface area contributed by atoms with Crippen molar-refractivity contribution < 1.29 is 9.47 Å². The Balaban J connectivity index is 1.75. The van der Waals surface area contributed by atoms with Crippen LogP contribution < -0.4 is 15.0 Å². The molecule has 0 bridgehead atoms. The molecule has 0 fully saturated rings. The van der Waals surface area contributed by atoms with E-state index in [4.69, 9.17) is 24.4 Å². The lowest BCUT2D eigenvalue weighted by molar-refractivity contribution is 0.394. The van der Waals surface area contributed by atoms with Gasteiger partial charge in [-0.3, -0.25) is 13.9 Å². The van der Waals surface area contributed by atoms with Crippen LogP contribution in [0.4, 0.5) is 0 Å². The van der Waals surface area contributed by atoms with Crippen LogP contribution in [0.1, 0.15) is 39.0 Å². The van der Waals surface area contributed by atoms with E-state index >= 15 is 0 Å². The standard InChI is InChI=1S/C27H29N5O3/c1-4-5-6-7-10-13-31-17-28-25-23(27(31)33)24-26(30-22-12-9-8-11-21(22)29-24)32(25)18-14-19(34-2)16-20(15-18)35-3/h8-9,11-12,14-17H,4-7,10,13H2,1-3H3. The molecular weight excluding hydrogens is 442 g/mol. The molecular formula is C27H29N5O3. The molecule has 5 rings (SSSR count). The number of rotatable bonds is 9. The van der Waals surface area contributed by atoms with Gasteiger partial charge in [0.1, 0.15) is 22.4 Å². The molecule has 180 valence electrons. The molecule has 35 heavy (non-hydrogen) atoms. The molecule has 8 heteroatoms. The second kappa shape index (κ2) is 9.74. The number of hydrogen-bond acceptors (Lipinski definition) is 6. The molecule has 8 nitrogen and oxygen atoms in total. The Morgan fingerprint density at radius 3 is 2.23 bits per heavy atom. The SMILES string of the molecule is CCCCCCCn1cnc2c(c1=O)c1nc3ccccc3nc1n2-c1cc(OC)cc(OC)c1. The fourth-order valence-corrected chi connectivity index (χ4v) is 4.48. The van der Waals surface area contributed by atoms with Crippen LogP contribution in [0.2, 0.25) is 0 Å². The number of unbranched alkanes of at least 4 members (excludes halogenated alkanes) is 4. The minimum atomic E-state index is -0.103. The highest BCUT2D eigenvalue weighted by molar-refractivity contribution is 6.05. The number of aromatic nitrogens is 5. The Morgan fingerprint density at radius 1 is 0.857 bits per heavy atom. The van der Waals surface area contributed by atoms with Crippen molar-refractivity contribution in [2.75, 3.05) is 14.2 Å². The number of hydrogen-bond donors (Lipinski definition) is 0. The van der Waals surface area contributed by atoms with Gasteiger partial charge in [-0.05, 0) is 18.6 Å². The summed E-state index contributed by atoms with van der Waals surface area (Å²) in [6, 6.07) is 13.2. The number of ether oxygens (including phenoxy) is 2. The van der Waals surface area contributed by atoms with Gasteiger partial charge in [-0.15, -0.1) is 0 Å². The molecule has 0 amide bonds. The molecule has 3 aromatic heterocycles. The van der Waals surface area contributed by atoms with Gasteiger partial charge >= 0.3 is 0 Å². The van der Waals surface area contributed by atoms with Crippen molar-refractivity contribution in [3.8, 4) is 17.2 Å². The molecule has 0 aliphatic heterocycles. The Bertz CT molecular complexity index is 1550. The van der Waals surface area contributed by atoms with Gasteiger partial charge in [0, 0.05) is 24.7 Å². The molecule has 0 unspecified atom stereocenters. The zero-order valence-electron chi connectivity index (χ0n) is 20.3. The normalized spacial score (nSPS) is 11.5. The number of benzene rings is 2. The molecule has 0 N–H and O–H groups in total. The maximum absolute atomic E-state index is 13.7. The molecule has 5 aromatic rings. The second-order valence-electron chi connectivity index (χ2n) is 8.65. The minimum Gasteiger partial charge on any atom is -0.497 e. The van der Waals surface area contributed by atoms with Crippen molar-refractivity contribution in [2.45, 2.75) is 45.6 Å². The van der Waals surface area contributed by atoms with Crippen LogP contribution in [-0.4, -0.2) is 38.3 Å². The van der Waals surface area contributed by atoms with Crippen molar-refractivity contribution in [3.05, 3.63) is 59.1 Å². The Hall–Kier alpha value is -3.94. The first kappa shape index (κ1) is 22.8. The summed E-state index contributed by atoms with van der Waals surface area (Å²) in [5.41, 5.74) is 3.73. The first-order chi connectivity index (χ1) is 17.1. The monoisotopic (exact) mass is 471 g/mol. The van der Waals surface area contributed by atoms with Crippen LogP contribution in [0.3, 0.4) is 0 Å². The Kier molecular flexibility index (Phi) is 6.35. The van der Waals surface area contributed by atoms with Crippen molar-refractivity contribution >= 4 is 33.2 Å². The summed E-state index contributed by atoms with van der Waals surface area (Å²) in [6.45, 7) is 2.83. The number of aryl methyl sites for hydroxylation is 1. The van der Waals surface area contributed by atoms with Gasteiger partial charge in [0.05, 0.1) is 37.3 Å². The molecule has 0 saturated carbocycles. The fourth-order valence-electron chi connectivity index (χ4n) is 4.48. The predicted octanol–water partition coefficient (Wildman–Crippen LogP) is 5.27. The van der Waals surface area contributed by atoms with E-state index in [0.717, 1.165) is 29.6 Å². The second-order valence-corrected chi connectivity index (χ2v) is 8.65. The number of fused-ring (bicyclic) bond motifs is 4. The summed E-state index contributed by atoms with van der Waals surface area (Å²) in [4.78, 5) is 28.2. The van der Waals surface area contributed by atoms with E-state index in [9.17, 15) is 4.79 Å². The van der Waals surface area contributed by atoms with Crippen LogP contribution in [0, 0.1) is 0 Å².